The molecule has 0 spiro atoms. The molecule has 0 aliphatic heterocycles. The van der Waals surface area contributed by atoms with E-state index in [1.165, 1.54) is 186 Å². The normalized spacial score (nSPS) is 13.6. The average molecular weight is 939 g/mol. The van der Waals surface area contributed by atoms with Crippen LogP contribution in [0.2, 0.25) is 0 Å². The molecule has 0 aromatic heterocycles. The summed E-state index contributed by atoms with van der Waals surface area (Å²) in [7, 11) is 0. The van der Waals surface area contributed by atoms with Gasteiger partial charge >= 0.3 is 5.97 Å². The Kier molecular flexibility index (Phi) is 52.5. The number of amides is 1. The Balaban J connectivity index is 4.63. The summed E-state index contributed by atoms with van der Waals surface area (Å²) in [6, 6.07) is -0.732. The third-order valence-electron chi connectivity index (χ3n) is 13.1. The minimum absolute atomic E-state index is 0.00131. The number of hydrogen-bond donors (Lipinski definition) is 3. The van der Waals surface area contributed by atoms with Gasteiger partial charge in [-0.15, -0.1) is 0 Å². The van der Waals surface area contributed by atoms with E-state index in [1.54, 1.807) is 0 Å². The maximum atomic E-state index is 13.2. The molecule has 3 unspecified atom stereocenters. The van der Waals surface area contributed by atoms with Crippen molar-refractivity contribution in [2.24, 2.45) is 0 Å². The lowest BCUT2D eigenvalue weighted by Crippen LogP contribution is -2.46. The smallest absolute Gasteiger partial charge is 0.306 e. The summed E-state index contributed by atoms with van der Waals surface area (Å²) in [6.45, 7) is 6.45. The molecule has 3 N–H and O–H groups in total. The van der Waals surface area contributed by atoms with Gasteiger partial charge in [0.05, 0.1) is 25.2 Å². The first kappa shape index (κ1) is 64.6. The maximum Gasteiger partial charge on any atom is 0.306 e. The number of allylic oxidation sites excluding steroid dienone is 9. The molecule has 0 aliphatic carbocycles. The van der Waals surface area contributed by atoms with E-state index in [4.69, 9.17) is 4.74 Å². The highest BCUT2D eigenvalue weighted by molar-refractivity contribution is 5.77. The Morgan fingerprint density at radius 3 is 1.24 bits per heavy atom. The number of esters is 1. The zero-order chi connectivity index (χ0) is 48.8. The first-order chi connectivity index (χ1) is 33.0. The summed E-state index contributed by atoms with van der Waals surface area (Å²) in [5.41, 5.74) is 0. The number of aliphatic hydroxyl groups excluding tert-OH is 2. The highest BCUT2D eigenvalue weighted by atomic mass is 16.5. The second kappa shape index (κ2) is 54.5. The van der Waals surface area contributed by atoms with Crippen molar-refractivity contribution in [1.29, 1.82) is 0 Å². The second-order valence-electron chi connectivity index (χ2n) is 19.7. The Labute approximate surface area is 416 Å². The number of hydrogen-bond acceptors (Lipinski definition) is 5. The quantitative estimate of drug-likeness (QED) is 0.0321. The highest BCUT2D eigenvalue weighted by Crippen LogP contribution is 2.17. The van der Waals surface area contributed by atoms with Gasteiger partial charge in [0, 0.05) is 12.8 Å². The molecule has 0 rings (SSSR count). The van der Waals surface area contributed by atoms with E-state index < -0.39 is 18.2 Å². The molecular formula is C61H111NO5. The monoisotopic (exact) mass is 938 g/mol. The van der Waals surface area contributed by atoms with E-state index in [2.05, 4.69) is 80.8 Å². The Hall–Kier alpha value is -2.44. The fraction of sp³-hybridized carbons (Fsp3) is 0.803. The van der Waals surface area contributed by atoms with Crippen LogP contribution >= 0.6 is 0 Å². The largest absolute Gasteiger partial charge is 0.461 e. The van der Waals surface area contributed by atoms with Gasteiger partial charge in [0.2, 0.25) is 5.91 Å². The van der Waals surface area contributed by atoms with Crippen molar-refractivity contribution in [3.8, 4) is 0 Å². The molecule has 6 heteroatoms. The zero-order valence-corrected chi connectivity index (χ0v) is 44.5. The van der Waals surface area contributed by atoms with Crippen molar-refractivity contribution >= 4 is 11.9 Å². The molecule has 390 valence electrons. The number of unbranched alkanes of at least 4 members (excludes halogenated alkanes) is 31. The summed E-state index contributed by atoms with van der Waals surface area (Å²) in [5, 5.41) is 23.8. The molecule has 6 nitrogen and oxygen atoms in total. The number of rotatable bonds is 52. The molecule has 0 saturated heterocycles. The topological polar surface area (TPSA) is 95.9 Å². The van der Waals surface area contributed by atoms with Crippen molar-refractivity contribution in [1.82, 2.24) is 5.32 Å². The number of ether oxygens (including phenoxy) is 1. The van der Waals surface area contributed by atoms with Crippen molar-refractivity contribution in [2.75, 3.05) is 6.61 Å². The van der Waals surface area contributed by atoms with Crippen molar-refractivity contribution in [3.63, 3.8) is 0 Å². The molecule has 3 atom stereocenters. The van der Waals surface area contributed by atoms with E-state index in [-0.39, 0.29) is 24.9 Å². The van der Waals surface area contributed by atoms with Crippen molar-refractivity contribution in [2.45, 2.75) is 309 Å². The number of nitrogens with one attached hydrogen (secondary N) is 1. The lowest BCUT2D eigenvalue weighted by atomic mass is 10.0. The SMILES string of the molecule is CCCCC/C=C\C/C=C\C/C=C\C/C=C\CC(CC(=O)NC(CO)C(O)CCCCCCCCCCCCCCCC)OC(=O)CCCCCCCCCCC/C=C/CCCCCCCC. The van der Waals surface area contributed by atoms with Crippen LogP contribution in [0.5, 0.6) is 0 Å². The molecule has 1 amide bonds. The van der Waals surface area contributed by atoms with Gasteiger partial charge in [-0.25, -0.2) is 0 Å². The van der Waals surface area contributed by atoms with Crippen LogP contribution in [0.4, 0.5) is 0 Å². The van der Waals surface area contributed by atoms with Gasteiger partial charge in [-0.3, -0.25) is 9.59 Å². The van der Waals surface area contributed by atoms with Crippen molar-refractivity contribution < 1.29 is 24.5 Å². The summed E-state index contributed by atoms with van der Waals surface area (Å²) in [6.07, 6.45) is 68.7. The molecule has 0 saturated carbocycles. The third kappa shape index (κ3) is 49.8. The van der Waals surface area contributed by atoms with Gasteiger partial charge in [0.15, 0.2) is 0 Å². The predicted octanol–water partition coefficient (Wildman–Crippen LogP) is 18.0. The lowest BCUT2D eigenvalue weighted by Gasteiger charge is -2.24. The molecule has 0 heterocycles. The molecule has 0 aromatic rings. The standard InChI is InChI=1S/C61H111NO5/c1-4-7-10-13-16-19-22-25-28-29-30-31-33-36-39-42-45-48-51-54-61(66)67-57(52-49-46-43-40-37-34-32-26-23-20-17-14-11-8-5-2)55-60(65)62-58(56-63)59(64)53-50-47-44-41-38-35-27-24-21-18-15-12-9-6-3/h17,20,25-26,28,32,37,40,46,49,57-59,63-64H,4-16,18-19,21-24,27,29-31,33-36,38-39,41-45,47-48,50-56H2,1-3H3,(H,62,65)/b20-17-,28-25+,32-26-,40-37-,49-46-. The molecule has 0 bridgehead atoms. The Morgan fingerprint density at radius 2 is 0.791 bits per heavy atom. The van der Waals surface area contributed by atoms with E-state index in [1.807, 2.05) is 6.08 Å². The second-order valence-corrected chi connectivity index (χ2v) is 19.7. The van der Waals surface area contributed by atoms with Crippen LogP contribution in [-0.4, -0.2) is 46.9 Å². The highest BCUT2D eigenvalue weighted by Gasteiger charge is 2.23. The van der Waals surface area contributed by atoms with E-state index in [0.29, 0.717) is 19.3 Å². The van der Waals surface area contributed by atoms with E-state index in [0.717, 1.165) is 57.8 Å². The summed E-state index contributed by atoms with van der Waals surface area (Å²) < 4.78 is 5.90. The van der Waals surface area contributed by atoms with Gasteiger partial charge in [-0.1, -0.05) is 261 Å². The van der Waals surface area contributed by atoms with Crippen LogP contribution in [0.3, 0.4) is 0 Å². The van der Waals surface area contributed by atoms with Gasteiger partial charge in [-0.2, -0.15) is 0 Å². The minimum atomic E-state index is -0.812. The Morgan fingerprint density at radius 1 is 0.448 bits per heavy atom. The van der Waals surface area contributed by atoms with Gasteiger partial charge < -0.3 is 20.3 Å². The van der Waals surface area contributed by atoms with E-state index in [9.17, 15) is 19.8 Å². The Bertz CT molecular complexity index is 1190. The lowest BCUT2D eigenvalue weighted by molar-refractivity contribution is -0.150. The number of carbonyl (C=O) groups is 2. The van der Waals surface area contributed by atoms with Gasteiger partial charge in [-0.05, 0) is 70.6 Å². The van der Waals surface area contributed by atoms with Crippen LogP contribution in [0.15, 0.2) is 60.8 Å². The van der Waals surface area contributed by atoms with Crippen LogP contribution in [0.25, 0.3) is 0 Å². The fourth-order valence-electron chi connectivity index (χ4n) is 8.64. The molecule has 0 radical (unpaired) electrons. The molecular weight excluding hydrogens is 827 g/mol. The molecule has 0 fully saturated rings. The first-order valence-electron chi connectivity index (χ1n) is 29.0. The van der Waals surface area contributed by atoms with Crippen molar-refractivity contribution in [3.05, 3.63) is 60.8 Å². The molecule has 0 aliphatic rings. The third-order valence-corrected chi connectivity index (χ3v) is 13.1. The van der Waals surface area contributed by atoms with Gasteiger partial charge in [0.1, 0.15) is 6.10 Å². The number of carbonyl (C=O) groups excluding carboxylic acids is 2. The first-order valence-corrected chi connectivity index (χ1v) is 29.0. The molecule has 67 heavy (non-hydrogen) atoms. The molecule has 0 aromatic carbocycles. The minimum Gasteiger partial charge on any atom is -0.461 e. The van der Waals surface area contributed by atoms with Crippen LogP contribution in [0, 0.1) is 0 Å². The number of aliphatic hydroxyl groups is 2. The predicted molar refractivity (Wildman–Crippen MR) is 292 cm³/mol. The van der Waals surface area contributed by atoms with E-state index >= 15 is 0 Å². The average Bonchev–Trinajstić information content (AvgIpc) is 3.32. The van der Waals surface area contributed by atoms with Crippen LogP contribution in [-0.2, 0) is 14.3 Å². The zero-order valence-electron chi connectivity index (χ0n) is 44.5. The van der Waals surface area contributed by atoms with Crippen LogP contribution < -0.4 is 5.32 Å². The van der Waals surface area contributed by atoms with Crippen LogP contribution in [0.1, 0.15) is 290 Å². The fourth-order valence-corrected chi connectivity index (χ4v) is 8.64. The maximum absolute atomic E-state index is 13.2. The summed E-state index contributed by atoms with van der Waals surface area (Å²) in [4.78, 5) is 26.2. The van der Waals surface area contributed by atoms with Gasteiger partial charge in [0.25, 0.3) is 0 Å². The summed E-state index contributed by atoms with van der Waals surface area (Å²) >= 11 is 0. The summed E-state index contributed by atoms with van der Waals surface area (Å²) in [5.74, 6) is -0.570.